The molecule has 1 aromatic carbocycles. The standard InChI is InChI=1S/C32H52N6O7S/c1-23-18-38(24(2)21-39)32(41)27-17-26(34-46(42,43)30-20-36(6)22-33-30)13-14-28(27)45-25(3)11-8-9-16-44-29(23)19-37(7)31(40)12-10-15-35(4)5/h13-14,17,20,22-25,29,34,39H,8-12,15-16,18-19,21H2,1-7H3/t23-,24+,25+,29-/m1/s1. The molecule has 0 unspecified atom stereocenters. The average Bonchev–Trinajstić information content (AvgIpc) is 3.45. The van der Waals surface area contributed by atoms with Gasteiger partial charge in [0.25, 0.3) is 15.9 Å². The second kappa shape index (κ2) is 17.1. The van der Waals surface area contributed by atoms with Crippen molar-refractivity contribution in [3.8, 4) is 5.75 Å². The predicted octanol–water partition coefficient (Wildman–Crippen LogP) is 2.82. The van der Waals surface area contributed by atoms with E-state index >= 15 is 0 Å². The summed E-state index contributed by atoms with van der Waals surface area (Å²) in [7, 11) is 3.39. The van der Waals surface area contributed by atoms with Gasteiger partial charge in [-0.15, -0.1) is 0 Å². The van der Waals surface area contributed by atoms with Crippen molar-refractivity contribution in [1.29, 1.82) is 0 Å². The molecule has 0 fully saturated rings. The van der Waals surface area contributed by atoms with E-state index in [9.17, 15) is 23.1 Å². The van der Waals surface area contributed by atoms with Gasteiger partial charge in [0.2, 0.25) is 5.91 Å². The number of aryl methyl sites for hydroxylation is 1. The van der Waals surface area contributed by atoms with Crippen LogP contribution in [0.3, 0.4) is 0 Å². The van der Waals surface area contributed by atoms with Crippen LogP contribution >= 0.6 is 0 Å². The molecular weight excluding hydrogens is 612 g/mol. The van der Waals surface area contributed by atoms with Crippen LogP contribution in [0.1, 0.15) is 63.2 Å². The summed E-state index contributed by atoms with van der Waals surface area (Å²) in [6.07, 6.45) is 5.74. The average molecular weight is 665 g/mol. The fourth-order valence-corrected chi connectivity index (χ4v) is 6.33. The molecule has 0 radical (unpaired) electrons. The molecule has 1 aromatic heterocycles. The predicted molar refractivity (Wildman–Crippen MR) is 176 cm³/mol. The zero-order valence-corrected chi connectivity index (χ0v) is 29.1. The Kier molecular flexibility index (Phi) is 13.8. The number of hydrogen-bond donors (Lipinski definition) is 2. The number of nitrogens with zero attached hydrogens (tertiary/aromatic N) is 5. The van der Waals surface area contributed by atoms with Gasteiger partial charge in [-0.3, -0.25) is 14.3 Å². The Labute approximate surface area is 273 Å². The maximum Gasteiger partial charge on any atom is 0.280 e. The number of fused-ring (bicyclic) bond motifs is 1. The van der Waals surface area contributed by atoms with E-state index in [4.69, 9.17) is 9.47 Å². The minimum Gasteiger partial charge on any atom is -0.490 e. The topological polar surface area (TPSA) is 147 Å². The van der Waals surface area contributed by atoms with Crippen LogP contribution in [0.15, 0.2) is 35.7 Å². The van der Waals surface area contributed by atoms with Crippen LogP contribution in [-0.4, -0.2) is 122 Å². The minimum atomic E-state index is -4.01. The first-order chi connectivity index (χ1) is 21.7. The normalized spacial score (nSPS) is 20.8. The summed E-state index contributed by atoms with van der Waals surface area (Å²) < 4.78 is 42.7. The van der Waals surface area contributed by atoms with Crippen molar-refractivity contribution in [3.05, 3.63) is 36.3 Å². The second-order valence-corrected chi connectivity index (χ2v) is 14.3. The lowest BCUT2D eigenvalue weighted by atomic mass is 10.0. The molecule has 0 saturated carbocycles. The van der Waals surface area contributed by atoms with E-state index in [2.05, 4.69) is 9.71 Å². The van der Waals surface area contributed by atoms with Crippen molar-refractivity contribution >= 4 is 27.5 Å². The molecule has 0 spiro atoms. The first-order valence-corrected chi connectivity index (χ1v) is 17.4. The number of carbonyl (C=O) groups is 2. The Hall–Kier alpha value is -3.20. The van der Waals surface area contributed by atoms with Crippen molar-refractivity contribution in [3.63, 3.8) is 0 Å². The highest BCUT2D eigenvalue weighted by Crippen LogP contribution is 2.29. The number of aliphatic hydroxyl groups is 1. The van der Waals surface area contributed by atoms with Crippen LogP contribution in [0.25, 0.3) is 0 Å². The van der Waals surface area contributed by atoms with Crippen LogP contribution in [0, 0.1) is 5.92 Å². The summed E-state index contributed by atoms with van der Waals surface area (Å²) in [6, 6.07) is 4.06. The van der Waals surface area contributed by atoms with E-state index in [-0.39, 0.29) is 53.5 Å². The number of carbonyl (C=O) groups excluding carboxylic acids is 2. The SMILES string of the molecule is C[C@@H]1CN([C@@H](C)CO)C(=O)c2cc(NS(=O)(=O)c3cn(C)cn3)ccc2O[C@@H](C)CCCCO[C@@H]1CN(C)C(=O)CCCN(C)C. The van der Waals surface area contributed by atoms with Gasteiger partial charge in [0.15, 0.2) is 5.03 Å². The van der Waals surface area contributed by atoms with E-state index in [1.807, 2.05) is 32.8 Å². The van der Waals surface area contributed by atoms with E-state index in [1.165, 1.54) is 23.2 Å². The number of aliphatic hydroxyl groups excluding tert-OH is 1. The molecule has 0 bridgehead atoms. The number of aromatic nitrogens is 2. The second-order valence-electron chi connectivity index (χ2n) is 12.7. The Bertz CT molecular complexity index is 1400. The summed E-state index contributed by atoms with van der Waals surface area (Å²) in [5.74, 6) is -0.256. The fraction of sp³-hybridized carbons (Fsp3) is 0.656. The third-order valence-electron chi connectivity index (χ3n) is 8.14. The van der Waals surface area contributed by atoms with E-state index in [0.717, 1.165) is 25.8 Å². The third-order valence-corrected chi connectivity index (χ3v) is 9.40. The Balaban J connectivity index is 1.93. The molecule has 0 aliphatic carbocycles. The number of nitrogens with one attached hydrogen (secondary N) is 1. The first kappa shape index (κ1) is 37.3. The smallest absolute Gasteiger partial charge is 0.280 e. The van der Waals surface area contributed by atoms with Gasteiger partial charge in [-0.25, -0.2) is 4.98 Å². The lowest BCUT2D eigenvalue weighted by molar-refractivity contribution is -0.132. The molecule has 258 valence electrons. The van der Waals surface area contributed by atoms with Crippen LogP contribution in [0.4, 0.5) is 5.69 Å². The molecule has 13 nitrogen and oxygen atoms in total. The molecule has 2 N–H and O–H groups in total. The van der Waals surface area contributed by atoms with Gasteiger partial charge < -0.3 is 33.8 Å². The molecule has 2 heterocycles. The number of sulfonamides is 1. The number of likely N-dealkylation sites (N-methyl/N-ethyl adjacent to an activating group) is 1. The Morgan fingerprint density at radius 1 is 1.22 bits per heavy atom. The third kappa shape index (κ3) is 10.7. The van der Waals surface area contributed by atoms with Gasteiger partial charge >= 0.3 is 0 Å². The fourth-order valence-electron chi connectivity index (χ4n) is 5.29. The van der Waals surface area contributed by atoms with E-state index in [1.54, 1.807) is 43.0 Å². The zero-order valence-electron chi connectivity index (χ0n) is 28.3. The molecule has 14 heteroatoms. The number of hydrogen-bond acceptors (Lipinski definition) is 9. The van der Waals surface area contributed by atoms with E-state index in [0.29, 0.717) is 31.7 Å². The monoisotopic (exact) mass is 664 g/mol. The molecule has 46 heavy (non-hydrogen) atoms. The van der Waals surface area contributed by atoms with Gasteiger partial charge in [-0.05, 0) is 78.4 Å². The van der Waals surface area contributed by atoms with Crippen LogP contribution < -0.4 is 9.46 Å². The molecule has 0 saturated heterocycles. The van der Waals surface area contributed by atoms with Crippen molar-refractivity contribution in [2.24, 2.45) is 13.0 Å². The molecule has 3 rings (SSSR count). The highest BCUT2D eigenvalue weighted by molar-refractivity contribution is 7.92. The number of ether oxygens (including phenoxy) is 2. The Morgan fingerprint density at radius 2 is 1.96 bits per heavy atom. The molecule has 1 aliphatic heterocycles. The Morgan fingerprint density at radius 3 is 2.61 bits per heavy atom. The first-order valence-electron chi connectivity index (χ1n) is 16.0. The van der Waals surface area contributed by atoms with Crippen LogP contribution in [-0.2, 0) is 26.6 Å². The summed E-state index contributed by atoms with van der Waals surface area (Å²) >= 11 is 0. The highest BCUT2D eigenvalue weighted by atomic mass is 32.2. The molecule has 1 aliphatic rings. The summed E-state index contributed by atoms with van der Waals surface area (Å²) in [5, 5.41) is 10.0. The van der Waals surface area contributed by atoms with Gasteiger partial charge in [0, 0.05) is 58.0 Å². The number of imidazole rings is 1. The van der Waals surface area contributed by atoms with Gasteiger partial charge in [0.05, 0.1) is 36.7 Å². The lowest BCUT2D eigenvalue weighted by Crippen LogP contribution is -2.48. The van der Waals surface area contributed by atoms with Crippen molar-refractivity contribution < 1.29 is 32.6 Å². The van der Waals surface area contributed by atoms with Crippen LogP contribution in [0.2, 0.25) is 0 Å². The maximum absolute atomic E-state index is 14.3. The molecule has 2 amide bonds. The van der Waals surface area contributed by atoms with Crippen molar-refractivity contribution in [2.45, 2.75) is 76.2 Å². The molecular formula is C32H52N6O7S. The zero-order chi connectivity index (χ0) is 34.0. The van der Waals surface area contributed by atoms with Gasteiger partial charge in [-0.2, -0.15) is 8.42 Å². The molecule has 4 atom stereocenters. The number of benzene rings is 1. The van der Waals surface area contributed by atoms with Crippen molar-refractivity contribution in [2.75, 3.05) is 58.7 Å². The largest absolute Gasteiger partial charge is 0.490 e. The summed E-state index contributed by atoms with van der Waals surface area (Å²) in [4.78, 5) is 36.5. The lowest BCUT2D eigenvalue weighted by Gasteiger charge is -2.36. The number of anilines is 1. The summed E-state index contributed by atoms with van der Waals surface area (Å²) in [5.41, 5.74) is 0.346. The quantitative estimate of drug-likeness (QED) is 0.370. The van der Waals surface area contributed by atoms with E-state index < -0.39 is 22.0 Å². The highest BCUT2D eigenvalue weighted by Gasteiger charge is 2.31. The maximum atomic E-state index is 14.3. The summed E-state index contributed by atoms with van der Waals surface area (Å²) in [6.45, 7) is 7.29. The number of amides is 2. The molecule has 2 aromatic rings. The van der Waals surface area contributed by atoms with Crippen molar-refractivity contribution in [1.82, 2.24) is 24.3 Å². The minimum absolute atomic E-state index is 0.0364. The van der Waals surface area contributed by atoms with Gasteiger partial charge in [-0.1, -0.05) is 6.92 Å². The van der Waals surface area contributed by atoms with Crippen LogP contribution in [0.5, 0.6) is 5.75 Å². The number of rotatable bonds is 11. The van der Waals surface area contributed by atoms with Gasteiger partial charge in [0.1, 0.15) is 5.75 Å².